The summed E-state index contributed by atoms with van der Waals surface area (Å²) < 4.78 is 5.28. The Balaban J connectivity index is 1.70. The van der Waals surface area contributed by atoms with Gasteiger partial charge < -0.3 is 4.74 Å². The maximum atomic E-state index is 5.28. The second-order valence-corrected chi connectivity index (χ2v) is 5.71. The SMILES string of the molecule is COc1cccc(CN(C)Cc2ccc3ccccc3c2)c1. The van der Waals surface area contributed by atoms with E-state index >= 15 is 0 Å². The van der Waals surface area contributed by atoms with Crippen molar-refractivity contribution in [3.05, 3.63) is 77.9 Å². The van der Waals surface area contributed by atoms with Crippen LogP contribution in [-0.2, 0) is 13.1 Å². The number of ether oxygens (including phenoxy) is 1. The summed E-state index contributed by atoms with van der Waals surface area (Å²) in [5.74, 6) is 0.914. The first-order valence-electron chi connectivity index (χ1n) is 7.54. The minimum absolute atomic E-state index is 0.907. The Kier molecular flexibility index (Phi) is 4.40. The van der Waals surface area contributed by atoms with Crippen LogP contribution in [0.5, 0.6) is 5.75 Å². The molecule has 0 fully saturated rings. The summed E-state index contributed by atoms with van der Waals surface area (Å²) in [6, 6.07) is 23.4. The highest BCUT2D eigenvalue weighted by atomic mass is 16.5. The van der Waals surface area contributed by atoms with Crippen molar-refractivity contribution in [1.82, 2.24) is 4.90 Å². The van der Waals surface area contributed by atoms with Crippen LogP contribution in [0.4, 0.5) is 0 Å². The molecule has 0 saturated heterocycles. The molecule has 0 radical (unpaired) electrons. The zero-order valence-electron chi connectivity index (χ0n) is 13.1. The fraction of sp³-hybridized carbons (Fsp3) is 0.200. The zero-order chi connectivity index (χ0) is 15.4. The molecule has 0 bridgehead atoms. The molecule has 0 heterocycles. The van der Waals surface area contributed by atoms with Gasteiger partial charge in [-0.1, -0.05) is 48.5 Å². The molecule has 0 aliphatic rings. The average Bonchev–Trinajstić information content (AvgIpc) is 2.55. The standard InChI is InChI=1S/C20H21NO/c1-21(14-16-6-5-9-20(13-16)22-2)15-17-10-11-18-7-3-4-8-19(18)12-17/h3-13H,14-15H2,1-2H3. The molecule has 0 aliphatic carbocycles. The fourth-order valence-corrected chi connectivity index (χ4v) is 2.79. The third-order valence-corrected chi connectivity index (χ3v) is 3.85. The van der Waals surface area contributed by atoms with Gasteiger partial charge in [-0.25, -0.2) is 0 Å². The summed E-state index contributed by atoms with van der Waals surface area (Å²) >= 11 is 0. The van der Waals surface area contributed by atoms with Gasteiger partial charge in [-0.3, -0.25) is 4.90 Å². The smallest absolute Gasteiger partial charge is 0.119 e. The zero-order valence-corrected chi connectivity index (χ0v) is 13.1. The molecule has 0 saturated carbocycles. The van der Waals surface area contributed by atoms with Crippen LogP contribution in [0.3, 0.4) is 0 Å². The van der Waals surface area contributed by atoms with Crippen molar-refractivity contribution in [1.29, 1.82) is 0 Å². The van der Waals surface area contributed by atoms with Crippen molar-refractivity contribution >= 4 is 10.8 Å². The van der Waals surface area contributed by atoms with E-state index in [2.05, 4.69) is 66.5 Å². The molecule has 0 atom stereocenters. The quantitative estimate of drug-likeness (QED) is 0.687. The molecule has 0 aromatic heterocycles. The van der Waals surface area contributed by atoms with E-state index in [0.717, 1.165) is 18.8 Å². The van der Waals surface area contributed by atoms with Gasteiger partial charge in [0.2, 0.25) is 0 Å². The van der Waals surface area contributed by atoms with Gasteiger partial charge >= 0.3 is 0 Å². The molecule has 0 N–H and O–H groups in total. The number of fused-ring (bicyclic) bond motifs is 1. The largest absolute Gasteiger partial charge is 0.497 e. The van der Waals surface area contributed by atoms with Crippen molar-refractivity contribution in [2.24, 2.45) is 0 Å². The van der Waals surface area contributed by atoms with E-state index in [1.165, 1.54) is 21.9 Å². The van der Waals surface area contributed by atoms with Gasteiger partial charge in [0.05, 0.1) is 7.11 Å². The van der Waals surface area contributed by atoms with E-state index in [1.807, 2.05) is 12.1 Å². The summed E-state index contributed by atoms with van der Waals surface area (Å²) in [7, 11) is 3.85. The van der Waals surface area contributed by atoms with Crippen LogP contribution in [0.15, 0.2) is 66.7 Å². The molecular weight excluding hydrogens is 270 g/mol. The summed E-state index contributed by atoms with van der Waals surface area (Å²) in [5.41, 5.74) is 2.60. The second-order valence-electron chi connectivity index (χ2n) is 5.71. The molecule has 0 spiro atoms. The van der Waals surface area contributed by atoms with Crippen molar-refractivity contribution in [3.63, 3.8) is 0 Å². The molecule has 0 unspecified atom stereocenters. The molecule has 3 aromatic carbocycles. The lowest BCUT2D eigenvalue weighted by Gasteiger charge is -2.17. The van der Waals surface area contributed by atoms with Gasteiger partial charge in [0, 0.05) is 13.1 Å². The highest BCUT2D eigenvalue weighted by Crippen LogP contribution is 2.18. The van der Waals surface area contributed by atoms with E-state index in [-0.39, 0.29) is 0 Å². The van der Waals surface area contributed by atoms with Crippen LogP contribution >= 0.6 is 0 Å². The first-order chi connectivity index (χ1) is 10.7. The number of nitrogens with zero attached hydrogens (tertiary/aromatic N) is 1. The molecule has 3 rings (SSSR count). The number of rotatable bonds is 5. The van der Waals surface area contributed by atoms with Gasteiger partial charge in [-0.05, 0) is 47.1 Å². The minimum atomic E-state index is 0.907. The van der Waals surface area contributed by atoms with Crippen molar-refractivity contribution in [3.8, 4) is 5.75 Å². The van der Waals surface area contributed by atoms with Gasteiger partial charge in [0.25, 0.3) is 0 Å². The Morgan fingerprint density at radius 3 is 2.27 bits per heavy atom. The van der Waals surface area contributed by atoms with Crippen molar-refractivity contribution in [2.75, 3.05) is 14.2 Å². The number of methoxy groups -OCH3 is 1. The van der Waals surface area contributed by atoms with Crippen LogP contribution in [0.2, 0.25) is 0 Å². The van der Waals surface area contributed by atoms with Crippen LogP contribution < -0.4 is 4.74 Å². The summed E-state index contributed by atoms with van der Waals surface area (Å²) in [6.07, 6.45) is 0. The van der Waals surface area contributed by atoms with Crippen molar-refractivity contribution in [2.45, 2.75) is 13.1 Å². The predicted molar refractivity (Wildman–Crippen MR) is 92.1 cm³/mol. The lowest BCUT2D eigenvalue weighted by Crippen LogP contribution is -2.17. The van der Waals surface area contributed by atoms with Crippen LogP contribution in [0.25, 0.3) is 10.8 Å². The first kappa shape index (κ1) is 14.6. The van der Waals surface area contributed by atoms with E-state index in [1.54, 1.807) is 7.11 Å². The Morgan fingerprint density at radius 1 is 0.773 bits per heavy atom. The monoisotopic (exact) mass is 291 g/mol. The lowest BCUT2D eigenvalue weighted by molar-refractivity contribution is 0.318. The second kappa shape index (κ2) is 6.63. The molecular formula is C20H21NO. The molecule has 22 heavy (non-hydrogen) atoms. The van der Waals surface area contributed by atoms with Crippen LogP contribution in [0, 0.1) is 0 Å². The Labute approximate surface area is 132 Å². The van der Waals surface area contributed by atoms with Crippen molar-refractivity contribution < 1.29 is 4.74 Å². The Hall–Kier alpha value is -2.32. The van der Waals surface area contributed by atoms with Gasteiger partial charge in [-0.15, -0.1) is 0 Å². The Morgan fingerprint density at radius 2 is 1.50 bits per heavy atom. The maximum absolute atomic E-state index is 5.28. The number of benzene rings is 3. The summed E-state index contributed by atoms with van der Waals surface area (Å²) in [5, 5.41) is 2.59. The van der Waals surface area contributed by atoms with E-state index < -0.39 is 0 Å². The normalized spacial score (nSPS) is 11.0. The molecule has 0 amide bonds. The third-order valence-electron chi connectivity index (χ3n) is 3.85. The number of hydrogen-bond donors (Lipinski definition) is 0. The van der Waals surface area contributed by atoms with E-state index in [4.69, 9.17) is 4.74 Å². The fourth-order valence-electron chi connectivity index (χ4n) is 2.79. The maximum Gasteiger partial charge on any atom is 0.119 e. The first-order valence-corrected chi connectivity index (χ1v) is 7.54. The van der Waals surface area contributed by atoms with Gasteiger partial charge in [0.1, 0.15) is 5.75 Å². The van der Waals surface area contributed by atoms with Gasteiger partial charge in [-0.2, -0.15) is 0 Å². The average molecular weight is 291 g/mol. The third kappa shape index (κ3) is 3.46. The lowest BCUT2D eigenvalue weighted by atomic mass is 10.1. The molecule has 3 aromatic rings. The number of hydrogen-bond acceptors (Lipinski definition) is 2. The highest BCUT2D eigenvalue weighted by molar-refractivity contribution is 5.82. The Bertz CT molecular complexity index is 766. The van der Waals surface area contributed by atoms with Gasteiger partial charge in [0.15, 0.2) is 0 Å². The molecule has 0 aliphatic heterocycles. The summed E-state index contributed by atoms with van der Waals surface area (Å²) in [6.45, 7) is 1.84. The van der Waals surface area contributed by atoms with Crippen LogP contribution in [-0.4, -0.2) is 19.1 Å². The van der Waals surface area contributed by atoms with Crippen LogP contribution in [0.1, 0.15) is 11.1 Å². The van der Waals surface area contributed by atoms with E-state index in [0.29, 0.717) is 0 Å². The molecule has 2 nitrogen and oxygen atoms in total. The highest BCUT2D eigenvalue weighted by Gasteiger charge is 2.04. The molecule has 112 valence electrons. The summed E-state index contributed by atoms with van der Waals surface area (Å²) in [4.78, 5) is 2.32. The van der Waals surface area contributed by atoms with E-state index in [9.17, 15) is 0 Å². The molecule has 2 heteroatoms. The predicted octanol–water partition coefficient (Wildman–Crippen LogP) is 4.48. The minimum Gasteiger partial charge on any atom is -0.497 e. The topological polar surface area (TPSA) is 12.5 Å².